The van der Waals surface area contributed by atoms with Gasteiger partial charge in [-0.15, -0.1) is 0 Å². The van der Waals surface area contributed by atoms with Crippen LogP contribution in [-0.2, 0) is 6.42 Å². The lowest BCUT2D eigenvalue weighted by Gasteiger charge is -2.21. The topological polar surface area (TPSA) is 17.1 Å². The number of hydrogen-bond donors (Lipinski definition) is 0. The van der Waals surface area contributed by atoms with Crippen molar-refractivity contribution in [1.29, 1.82) is 0 Å². The van der Waals surface area contributed by atoms with Crippen LogP contribution in [0.3, 0.4) is 0 Å². The first-order chi connectivity index (χ1) is 9.63. The van der Waals surface area contributed by atoms with Gasteiger partial charge in [0.2, 0.25) is 0 Å². The highest BCUT2D eigenvalue weighted by molar-refractivity contribution is 6.56. The zero-order valence-corrected chi connectivity index (χ0v) is 12.0. The van der Waals surface area contributed by atoms with Gasteiger partial charge in [-0.05, 0) is 24.5 Å². The van der Waals surface area contributed by atoms with Crippen molar-refractivity contribution < 1.29 is 4.79 Å². The van der Waals surface area contributed by atoms with E-state index >= 15 is 0 Å². The van der Waals surface area contributed by atoms with Gasteiger partial charge in [0, 0.05) is 5.56 Å². The van der Waals surface area contributed by atoms with Gasteiger partial charge in [-0.2, -0.15) is 0 Å². The van der Waals surface area contributed by atoms with Crippen LogP contribution in [0.15, 0.2) is 42.5 Å². The van der Waals surface area contributed by atoms with Gasteiger partial charge in [-0.1, -0.05) is 72.7 Å². The zero-order chi connectivity index (χ0) is 14.1. The molecule has 99 valence electrons. The number of rotatable bonds is 2. The third-order valence-corrected chi connectivity index (χ3v) is 4.10. The van der Waals surface area contributed by atoms with Gasteiger partial charge in [-0.3, -0.25) is 4.79 Å². The van der Waals surface area contributed by atoms with E-state index in [1.54, 1.807) is 6.92 Å². The molecule has 0 saturated carbocycles. The summed E-state index contributed by atoms with van der Waals surface area (Å²) in [6.45, 7) is 3.88. The van der Waals surface area contributed by atoms with Crippen LogP contribution in [0, 0.1) is 0 Å². The second-order valence-corrected chi connectivity index (χ2v) is 5.73. The van der Waals surface area contributed by atoms with E-state index in [-0.39, 0.29) is 5.78 Å². The Morgan fingerprint density at radius 1 is 1.10 bits per heavy atom. The summed E-state index contributed by atoms with van der Waals surface area (Å²) in [5.41, 5.74) is 6.01. The number of aryl methyl sites for hydroxylation is 1. The Kier molecular flexibility index (Phi) is 3.48. The minimum Gasteiger partial charge on any atom is -0.295 e. The molecular weight excluding hydrogens is 243 g/mol. The fourth-order valence-electron chi connectivity index (χ4n) is 2.83. The Hall–Kier alpha value is -1.83. The molecule has 1 heterocycles. The standard InChI is InChI=1S/C18H18BO/c1-12-3-4-17-11-16(9-10-18(17)19-12)15-7-5-14(6-8-15)13(2)20/h5-12H,3-4H2,1-2H3/t12-/m0/s1. The van der Waals surface area contributed by atoms with E-state index in [2.05, 4.69) is 32.4 Å². The van der Waals surface area contributed by atoms with Gasteiger partial charge in [0.15, 0.2) is 13.1 Å². The van der Waals surface area contributed by atoms with E-state index in [1.165, 1.54) is 28.6 Å². The van der Waals surface area contributed by atoms with Gasteiger partial charge in [0.1, 0.15) is 0 Å². The normalized spacial score (nSPS) is 17.2. The third kappa shape index (κ3) is 2.56. The van der Waals surface area contributed by atoms with Gasteiger partial charge in [0.25, 0.3) is 0 Å². The number of Topliss-reactive ketones (excluding diaryl/α,β-unsaturated/α-hetero) is 1. The van der Waals surface area contributed by atoms with Crippen molar-refractivity contribution in [2.75, 3.05) is 0 Å². The molecule has 0 bridgehead atoms. The summed E-state index contributed by atoms with van der Waals surface area (Å²) in [6.07, 6.45) is 2.39. The van der Waals surface area contributed by atoms with E-state index in [0.717, 1.165) is 12.0 Å². The molecule has 2 aromatic rings. The molecule has 0 aromatic heterocycles. The SMILES string of the molecule is CC(=O)c1ccc(-c2ccc3c(c2)CC[C@H](C)[B]3)cc1. The average molecular weight is 261 g/mol. The smallest absolute Gasteiger partial charge is 0.159 e. The maximum atomic E-state index is 11.3. The molecule has 2 heteroatoms. The van der Waals surface area contributed by atoms with Crippen LogP contribution < -0.4 is 5.46 Å². The summed E-state index contributed by atoms with van der Waals surface area (Å²) in [5.74, 6) is 0.800. The fourth-order valence-corrected chi connectivity index (χ4v) is 2.83. The van der Waals surface area contributed by atoms with Crippen molar-refractivity contribution in [3.63, 3.8) is 0 Å². The fraction of sp³-hybridized carbons (Fsp3) is 0.278. The number of carbonyl (C=O) groups is 1. The van der Waals surface area contributed by atoms with Crippen molar-refractivity contribution in [2.24, 2.45) is 0 Å². The molecule has 0 unspecified atom stereocenters. The molecule has 1 aliphatic rings. The molecule has 0 spiro atoms. The van der Waals surface area contributed by atoms with E-state index in [0.29, 0.717) is 5.82 Å². The first-order valence-electron chi connectivity index (χ1n) is 7.22. The minimum atomic E-state index is 0.116. The lowest BCUT2D eigenvalue weighted by atomic mass is 9.53. The molecule has 0 N–H and O–H groups in total. The summed E-state index contributed by atoms with van der Waals surface area (Å²) in [6, 6.07) is 14.6. The predicted molar refractivity (Wildman–Crippen MR) is 85.0 cm³/mol. The minimum absolute atomic E-state index is 0.116. The summed E-state index contributed by atoms with van der Waals surface area (Å²) in [7, 11) is 2.36. The Bertz CT molecular complexity index is 643. The van der Waals surface area contributed by atoms with Crippen LogP contribution in [0.1, 0.15) is 36.2 Å². The first-order valence-corrected chi connectivity index (χ1v) is 7.22. The number of ketones is 1. The zero-order valence-electron chi connectivity index (χ0n) is 12.0. The second-order valence-electron chi connectivity index (χ2n) is 5.73. The van der Waals surface area contributed by atoms with Gasteiger partial charge in [-0.25, -0.2) is 0 Å². The summed E-state index contributed by atoms with van der Waals surface area (Å²) in [5, 5.41) is 0. The van der Waals surface area contributed by atoms with E-state index in [1.807, 2.05) is 24.3 Å². The highest BCUT2D eigenvalue weighted by Gasteiger charge is 2.16. The molecule has 0 saturated heterocycles. The quantitative estimate of drug-likeness (QED) is 0.595. The van der Waals surface area contributed by atoms with Crippen LogP contribution in [0.5, 0.6) is 0 Å². The van der Waals surface area contributed by atoms with Crippen molar-refractivity contribution in [3.8, 4) is 11.1 Å². The van der Waals surface area contributed by atoms with Crippen LogP contribution >= 0.6 is 0 Å². The Morgan fingerprint density at radius 3 is 2.50 bits per heavy atom. The molecule has 2 aromatic carbocycles. The lowest BCUT2D eigenvalue weighted by Crippen LogP contribution is -2.27. The van der Waals surface area contributed by atoms with Crippen molar-refractivity contribution in [2.45, 2.75) is 32.5 Å². The lowest BCUT2D eigenvalue weighted by molar-refractivity contribution is 0.101. The number of carbonyl (C=O) groups excluding carboxylic acids is 1. The molecule has 1 aliphatic heterocycles. The molecule has 1 radical (unpaired) electrons. The molecule has 3 rings (SSSR count). The summed E-state index contributed by atoms with van der Waals surface area (Å²) < 4.78 is 0. The Balaban J connectivity index is 1.93. The number of fused-ring (bicyclic) bond motifs is 1. The van der Waals surface area contributed by atoms with Gasteiger partial charge < -0.3 is 0 Å². The van der Waals surface area contributed by atoms with Crippen LogP contribution in [0.2, 0.25) is 5.82 Å². The van der Waals surface area contributed by atoms with Crippen LogP contribution in [0.25, 0.3) is 11.1 Å². The van der Waals surface area contributed by atoms with Crippen molar-refractivity contribution >= 4 is 18.5 Å². The Labute approximate surface area is 121 Å². The maximum absolute atomic E-state index is 11.3. The molecule has 20 heavy (non-hydrogen) atoms. The third-order valence-electron chi connectivity index (χ3n) is 4.10. The van der Waals surface area contributed by atoms with Crippen LogP contribution in [-0.4, -0.2) is 13.1 Å². The van der Waals surface area contributed by atoms with E-state index in [4.69, 9.17) is 0 Å². The summed E-state index contributed by atoms with van der Waals surface area (Å²) >= 11 is 0. The largest absolute Gasteiger partial charge is 0.295 e. The van der Waals surface area contributed by atoms with Crippen LogP contribution in [0.4, 0.5) is 0 Å². The predicted octanol–water partition coefficient (Wildman–Crippen LogP) is 3.64. The van der Waals surface area contributed by atoms with E-state index in [9.17, 15) is 4.79 Å². The molecule has 1 atom stereocenters. The number of hydrogen-bond acceptors (Lipinski definition) is 1. The highest BCUT2D eigenvalue weighted by Crippen LogP contribution is 2.24. The van der Waals surface area contributed by atoms with E-state index < -0.39 is 0 Å². The van der Waals surface area contributed by atoms with Crippen molar-refractivity contribution in [1.82, 2.24) is 0 Å². The molecule has 0 aliphatic carbocycles. The summed E-state index contributed by atoms with van der Waals surface area (Å²) in [4.78, 5) is 11.3. The van der Waals surface area contributed by atoms with Gasteiger partial charge >= 0.3 is 0 Å². The maximum Gasteiger partial charge on any atom is 0.159 e. The van der Waals surface area contributed by atoms with Crippen molar-refractivity contribution in [3.05, 3.63) is 53.6 Å². The molecule has 0 amide bonds. The molecule has 0 fully saturated rings. The molecule has 1 nitrogen and oxygen atoms in total. The van der Waals surface area contributed by atoms with Gasteiger partial charge in [0.05, 0.1) is 0 Å². The monoisotopic (exact) mass is 261 g/mol. The number of benzene rings is 2. The highest BCUT2D eigenvalue weighted by atomic mass is 16.1. The Morgan fingerprint density at radius 2 is 1.80 bits per heavy atom. The second kappa shape index (κ2) is 5.28. The molecular formula is C18H18BO. The average Bonchev–Trinajstić information content (AvgIpc) is 2.47. The first kappa shape index (κ1) is 13.2.